The highest BCUT2D eigenvalue weighted by molar-refractivity contribution is 7.21. The largest absolute Gasteiger partial charge is 0.349 e. The number of hydrogen-bond acceptors (Lipinski definition) is 2. The average Bonchev–Trinajstić information content (AvgIpc) is 2.94. The molecule has 1 aliphatic rings. The van der Waals surface area contributed by atoms with E-state index >= 15 is 0 Å². The Morgan fingerprint density at radius 3 is 2.95 bits per heavy atom. The van der Waals surface area contributed by atoms with E-state index in [-0.39, 0.29) is 17.8 Å². The van der Waals surface area contributed by atoms with Crippen molar-refractivity contribution in [1.82, 2.24) is 5.32 Å². The number of carbonyl (C=O) groups excluding carboxylic acids is 1. The maximum atomic E-state index is 13.2. The van der Waals surface area contributed by atoms with Crippen LogP contribution in [0, 0.1) is 11.7 Å². The highest BCUT2D eigenvalue weighted by atomic mass is 35.5. The molecular weight excluding hydrogens is 297 g/mol. The summed E-state index contributed by atoms with van der Waals surface area (Å²) in [6, 6.07) is 4.63. The summed E-state index contributed by atoms with van der Waals surface area (Å²) in [5.41, 5.74) is 0. The lowest BCUT2D eigenvalue weighted by molar-refractivity contribution is 0.0941. The Balaban J connectivity index is 1.86. The molecule has 1 saturated carbocycles. The van der Waals surface area contributed by atoms with E-state index in [1.807, 2.05) is 0 Å². The fraction of sp³-hybridized carbons (Fsp3) is 0.400. The van der Waals surface area contributed by atoms with Gasteiger partial charge in [-0.1, -0.05) is 18.5 Å². The summed E-state index contributed by atoms with van der Waals surface area (Å²) in [5, 5.41) is 4.20. The fourth-order valence-electron chi connectivity index (χ4n) is 2.77. The molecule has 20 heavy (non-hydrogen) atoms. The molecule has 0 spiro atoms. The van der Waals surface area contributed by atoms with Crippen molar-refractivity contribution in [1.29, 1.82) is 0 Å². The second kappa shape index (κ2) is 5.34. The molecule has 2 nitrogen and oxygen atoms in total. The van der Waals surface area contributed by atoms with Crippen molar-refractivity contribution >= 4 is 38.9 Å². The Bertz CT molecular complexity index is 669. The van der Waals surface area contributed by atoms with Crippen LogP contribution < -0.4 is 5.32 Å². The topological polar surface area (TPSA) is 29.1 Å². The minimum atomic E-state index is -0.313. The van der Waals surface area contributed by atoms with Gasteiger partial charge in [0.1, 0.15) is 10.7 Å². The second-order valence-electron chi connectivity index (χ2n) is 5.47. The minimum absolute atomic E-state index is 0.143. The van der Waals surface area contributed by atoms with Crippen LogP contribution in [0.2, 0.25) is 5.02 Å². The molecule has 5 heteroatoms. The third-order valence-electron chi connectivity index (χ3n) is 3.83. The van der Waals surface area contributed by atoms with Gasteiger partial charge >= 0.3 is 0 Å². The zero-order valence-electron chi connectivity index (χ0n) is 11.1. The molecule has 0 saturated heterocycles. The van der Waals surface area contributed by atoms with Gasteiger partial charge in [-0.2, -0.15) is 0 Å². The Hall–Kier alpha value is -1.13. The number of benzene rings is 1. The maximum Gasteiger partial charge on any atom is 0.263 e. The van der Waals surface area contributed by atoms with Crippen molar-refractivity contribution in [3.05, 3.63) is 33.9 Å². The standard InChI is InChI=1S/C15H15ClFNOS/c1-8-2-4-10(6-8)18-15(19)14-13(16)11-5-3-9(17)7-12(11)20-14/h3,5,7-8,10H,2,4,6H2,1H3,(H,18,19). The molecule has 2 aromatic rings. The first-order chi connectivity index (χ1) is 9.54. The van der Waals surface area contributed by atoms with Crippen molar-refractivity contribution in [2.45, 2.75) is 32.2 Å². The first-order valence-corrected chi connectivity index (χ1v) is 7.92. The van der Waals surface area contributed by atoms with Crippen LogP contribution >= 0.6 is 22.9 Å². The summed E-state index contributed by atoms with van der Waals surface area (Å²) in [7, 11) is 0. The van der Waals surface area contributed by atoms with E-state index < -0.39 is 0 Å². The van der Waals surface area contributed by atoms with E-state index in [2.05, 4.69) is 12.2 Å². The Morgan fingerprint density at radius 1 is 1.45 bits per heavy atom. The van der Waals surface area contributed by atoms with Crippen LogP contribution in [0.3, 0.4) is 0 Å². The number of hydrogen-bond donors (Lipinski definition) is 1. The van der Waals surface area contributed by atoms with Gasteiger partial charge in [-0.3, -0.25) is 4.79 Å². The molecule has 0 aliphatic heterocycles. The maximum absolute atomic E-state index is 13.2. The highest BCUT2D eigenvalue weighted by Crippen LogP contribution is 2.36. The number of rotatable bonds is 2. The molecule has 1 amide bonds. The third kappa shape index (κ3) is 2.54. The van der Waals surface area contributed by atoms with Crippen molar-refractivity contribution in [3.8, 4) is 0 Å². The third-order valence-corrected chi connectivity index (χ3v) is 5.48. The molecule has 1 N–H and O–H groups in total. The molecule has 1 heterocycles. The van der Waals surface area contributed by atoms with E-state index in [0.717, 1.165) is 24.6 Å². The molecule has 106 valence electrons. The summed E-state index contributed by atoms with van der Waals surface area (Å²) in [6.07, 6.45) is 3.18. The molecule has 1 aromatic heterocycles. The predicted molar refractivity (Wildman–Crippen MR) is 81.1 cm³/mol. The lowest BCUT2D eigenvalue weighted by Gasteiger charge is -2.11. The van der Waals surface area contributed by atoms with Gasteiger partial charge in [0.15, 0.2) is 0 Å². The van der Waals surface area contributed by atoms with Gasteiger partial charge in [0.25, 0.3) is 5.91 Å². The Morgan fingerprint density at radius 2 is 2.25 bits per heavy atom. The quantitative estimate of drug-likeness (QED) is 0.862. The van der Waals surface area contributed by atoms with E-state index in [1.165, 1.54) is 23.5 Å². The number of nitrogens with one attached hydrogen (secondary N) is 1. The van der Waals surface area contributed by atoms with Gasteiger partial charge < -0.3 is 5.32 Å². The van der Waals surface area contributed by atoms with Crippen LogP contribution in [-0.2, 0) is 0 Å². The second-order valence-corrected chi connectivity index (χ2v) is 6.90. The van der Waals surface area contributed by atoms with Crippen molar-refractivity contribution in [2.24, 2.45) is 5.92 Å². The van der Waals surface area contributed by atoms with Gasteiger partial charge in [-0.15, -0.1) is 11.3 Å². The smallest absolute Gasteiger partial charge is 0.263 e. The molecule has 1 aliphatic carbocycles. The highest BCUT2D eigenvalue weighted by Gasteiger charge is 2.25. The molecule has 1 aromatic carbocycles. The lowest BCUT2D eigenvalue weighted by atomic mass is 10.1. The summed E-state index contributed by atoms with van der Waals surface area (Å²) < 4.78 is 13.9. The van der Waals surface area contributed by atoms with Crippen LogP contribution in [0.5, 0.6) is 0 Å². The SMILES string of the molecule is CC1CCC(NC(=O)c2sc3cc(F)ccc3c2Cl)C1. The summed E-state index contributed by atoms with van der Waals surface area (Å²) >= 11 is 7.49. The van der Waals surface area contributed by atoms with Gasteiger partial charge in [0.05, 0.1) is 5.02 Å². The normalized spacial score (nSPS) is 22.4. The van der Waals surface area contributed by atoms with Gasteiger partial charge in [-0.25, -0.2) is 4.39 Å². The number of fused-ring (bicyclic) bond motifs is 1. The van der Waals surface area contributed by atoms with E-state index in [9.17, 15) is 9.18 Å². The fourth-order valence-corrected chi connectivity index (χ4v) is 4.22. The molecule has 1 fully saturated rings. The van der Waals surface area contributed by atoms with Crippen LogP contribution in [-0.4, -0.2) is 11.9 Å². The minimum Gasteiger partial charge on any atom is -0.349 e. The molecule has 2 atom stereocenters. The van der Waals surface area contributed by atoms with E-state index in [1.54, 1.807) is 6.07 Å². The molecule has 0 bridgehead atoms. The molecule has 0 radical (unpaired) electrons. The average molecular weight is 312 g/mol. The van der Waals surface area contributed by atoms with Crippen molar-refractivity contribution < 1.29 is 9.18 Å². The van der Waals surface area contributed by atoms with E-state index in [0.29, 0.717) is 20.5 Å². The number of thiophene rings is 1. The summed E-state index contributed by atoms with van der Waals surface area (Å²) in [6.45, 7) is 2.20. The zero-order valence-corrected chi connectivity index (χ0v) is 12.7. The number of amides is 1. The Kier molecular flexibility index (Phi) is 3.69. The number of halogens is 2. The molecule has 3 rings (SSSR count). The van der Waals surface area contributed by atoms with E-state index in [4.69, 9.17) is 11.6 Å². The van der Waals surface area contributed by atoms with Crippen molar-refractivity contribution in [2.75, 3.05) is 0 Å². The van der Waals surface area contributed by atoms with Crippen molar-refractivity contribution in [3.63, 3.8) is 0 Å². The first kappa shape index (κ1) is 13.8. The van der Waals surface area contributed by atoms with Crippen LogP contribution in [0.15, 0.2) is 18.2 Å². The Labute approximate surface area is 125 Å². The van der Waals surface area contributed by atoms with Gasteiger partial charge in [0.2, 0.25) is 0 Å². The summed E-state index contributed by atoms with van der Waals surface area (Å²) in [5.74, 6) is 0.204. The van der Waals surface area contributed by atoms with Gasteiger partial charge in [0, 0.05) is 16.1 Å². The first-order valence-electron chi connectivity index (χ1n) is 6.73. The molecule has 2 unspecified atom stereocenters. The van der Waals surface area contributed by atoms with Crippen LogP contribution in [0.1, 0.15) is 35.9 Å². The number of carbonyl (C=O) groups is 1. The van der Waals surface area contributed by atoms with Gasteiger partial charge in [-0.05, 0) is 43.4 Å². The zero-order chi connectivity index (χ0) is 14.3. The monoisotopic (exact) mass is 311 g/mol. The summed E-state index contributed by atoms with van der Waals surface area (Å²) in [4.78, 5) is 12.8. The van der Waals surface area contributed by atoms with Crippen LogP contribution in [0.25, 0.3) is 10.1 Å². The predicted octanol–water partition coefficient (Wildman–Crippen LogP) is 4.61. The lowest BCUT2D eigenvalue weighted by Crippen LogP contribution is -2.32. The molecular formula is C15H15ClFNOS. The van der Waals surface area contributed by atoms with Crippen LogP contribution in [0.4, 0.5) is 4.39 Å².